The Kier molecular flexibility index (Phi) is 4.80. The van der Waals surface area contributed by atoms with Crippen molar-refractivity contribution >= 4 is 29.2 Å². The zero-order valence-corrected chi connectivity index (χ0v) is 12.2. The van der Waals surface area contributed by atoms with Crippen molar-refractivity contribution in [2.75, 3.05) is 6.61 Å². The van der Waals surface area contributed by atoms with Gasteiger partial charge in [0.15, 0.2) is 5.69 Å². The molecule has 0 amide bonds. The summed E-state index contributed by atoms with van der Waals surface area (Å²) in [5, 5.41) is 0.333. The van der Waals surface area contributed by atoms with Gasteiger partial charge in [0.25, 0.3) is 6.43 Å². The maximum absolute atomic E-state index is 13.0. The van der Waals surface area contributed by atoms with Gasteiger partial charge in [-0.3, -0.25) is 0 Å². The van der Waals surface area contributed by atoms with E-state index in [9.17, 15) is 13.6 Å². The largest absolute Gasteiger partial charge is 0.460 e. The number of ether oxygens (including phenoxy) is 1. The van der Waals surface area contributed by atoms with Crippen molar-refractivity contribution in [3.63, 3.8) is 0 Å². The molecule has 0 saturated heterocycles. The molecule has 8 heteroatoms. The lowest BCUT2D eigenvalue weighted by atomic mass is 10.2. The fraction of sp³-hybridized carbons (Fsp3) is 0.231. The lowest BCUT2D eigenvalue weighted by Gasteiger charge is -2.01. The van der Waals surface area contributed by atoms with Crippen LogP contribution >= 0.6 is 23.2 Å². The number of hydrogen-bond acceptors (Lipinski definition) is 4. The molecule has 1 aromatic carbocycles. The van der Waals surface area contributed by atoms with Gasteiger partial charge in [-0.15, -0.1) is 0 Å². The molecule has 4 nitrogen and oxygen atoms in total. The molecule has 0 spiro atoms. The summed E-state index contributed by atoms with van der Waals surface area (Å²) in [4.78, 5) is 15.2. The molecule has 112 valence electrons. The summed E-state index contributed by atoms with van der Waals surface area (Å²) in [6, 6.07) is 4.58. The maximum Gasteiger partial charge on any atom is 0.376 e. The fourth-order valence-corrected chi connectivity index (χ4v) is 2.19. The van der Waals surface area contributed by atoms with Crippen molar-refractivity contribution in [1.82, 2.24) is 4.98 Å². The fourth-order valence-electron chi connectivity index (χ4n) is 1.63. The number of benzene rings is 1. The Morgan fingerprint density at radius 1 is 1.38 bits per heavy atom. The van der Waals surface area contributed by atoms with E-state index in [0.29, 0.717) is 0 Å². The third-order valence-electron chi connectivity index (χ3n) is 2.50. The highest BCUT2D eigenvalue weighted by atomic mass is 35.5. The highest BCUT2D eigenvalue weighted by Gasteiger charge is 2.29. The van der Waals surface area contributed by atoms with Gasteiger partial charge in [0.1, 0.15) is 0 Å². The molecule has 0 N–H and O–H groups in total. The molecule has 0 atom stereocenters. The summed E-state index contributed by atoms with van der Waals surface area (Å²) in [5.41, 5.74) is -0.669. The van der Waals surface area contributed by atoms with E-state index in [0.717, 1.165) is 0 Å². The van der Waals surface area contributed by atoms with Crippen molar-refractivity contribution in [1.29, 1.82) is 0 Å². The van der Waals surface area contributed by atoms with Crippen LogP contribution in [0.25, 0.3) is 11.5 Å². The van der Waals surface area contributed by atoms with E-state index in [1.165, 1.54) is 12.1 Å². The van der Waals surface area contributed by atoms with Crippen LogP contribution in [0.15, 0.2) is 22.6 Å². The third kappa shape index (κ3) is 3.16. The van der Waals surface area contributed by atoms with Crippen LogP contribution in [0.4, 0.5) is 8.78 Å². The first-order chi connectivity index (χ1) is 9.95. The average molecular weight is 336 g/mol. The Balaban J connectivity index is 2.57. The van der Waals surface area contributed by atoms with Crippen molar-refractivity contribution in [3.05, 3.63) is 39.7 Å². The van der Waals surface area contributed by atoms with Gasteiger partial charge in [0.2, 0.25) is 11.7 Å². The summed E-state index contributed by atoms with van der Waals surface area (Å²) in [5.74, 6) is -1.93. The van der Waals surface area contributed by atoms with Crippen LogP contribution in [-0.4, -0.2) is 17.6 Å². The number of hydrogen-bond donors (Lipinski definition) is 0. The molecule has 0 aliphatic heterocycles. The topological polar surface area (TPSA) is 52.3 Å². The Hall–Kier alpha value is -1.66. The lowest BCUT2D eigenvalue weighted by molar-refractivity contribution is 0.0476. The number of carbonyl (C=O) groups excluding carboxylic acids is 1. The molecule has 0 aliphatic carbocycles. The molecule has 0 saturated carbocycles. The van der Waals surface area contributed by atoms with Crippen LogP contribution in [0.1, 0.15) is 29.6 Å². The Morgan fingerprint density at radius 2 is 2.00 bits per heavy atom. The first-order valence-electron chi connectivity index (χ1n) is 5.86. The van der Waals surface area contributed by atoms with E-state index in [2.05, 4.69) is 9.72 Å². The molecular weight excluding hydrogens is 327 g/mol. The Bertz CT molecular complexity index is 653. The minimum Gasteiger partial charge on any atom is -0.460 e. The number of oxazole rings is 1. The molecule has 2 rings (SSSR count). The van der Waals surface area contributed by atoms with Gasteiger partial charge < -0.3 is 9.15 Å². The van der Waals surface area contributed by atoms with E-state index in [4.69, 9.17) is 27.6 Å². The molecule has 1 heterocycles. The SMILES string of the molecule is CCOC(=O)c1oc(-c2c(Cl)cccc2Cl)nc1C(F)F. The number of alkyl halides is 2. The highest BCUT2D eigenvalue weighted by Crippen LogP contribution is 2.36. The summed E-state index contributed by atoms with van der Waals surface area (Å²) < 4.78 is 35.7. The average Bonchev–Trinajstić information content (AvgIpc) is 2.84. The molecule has 0 radical (unpaired) electrons. The van der Waals surface area contributed by atoms with Gasteiger partial charge in [0.05, 0.1) is 22.2 Å². The molecule has 0 unspecified atom stereocenters. The van der Waals surface area contributed by atoms with Gasteiger partial charge in [-0.2, -0.15) is 0 Å². The van der Waals surface area contributed by atoms with E-state index in [-0.39, 0.29) is 28.1 Å². The summed E-state index contributed by atoms with van der Waals surface area (Å²) in [6.07, 6.45) is -3.00. The predicted octanol–water partition coefficient (Wildman–Crippen LogP) is 4.76. The first kappa shape index (κ1) is 15.7. The van der Waals surface area contributed by atoms with Gasteiger partial charge in [-0.05, 0) is 19.1 Å². The molecule has 1 aromatic heterocycles. The minimum absolute atomic E-state index is 0.0182. The van der Waals surface area contributed by atoms with Crippen LogP contribution in [0.5, 0.6) is 0 Å². The second-order valence-electron chi connectivity index (χ2n) is 3.85. The van der Waals surface area contributed by atoms with Crippen molar-refractivity contribution in [2.24, 2.45) is 0 Å². The summed E-state index contributed by atoms with van der Waals surface area (Å²) in [7, 11) is 0. The monoisotopic (exact) mass is 335 g/mol. The van der Waals surface area contributed by atoms with Crippen LogP contribution in [-0.2, 0) is 4.74 Å². The normalized spacial score (nSPS) is 11.0. The third-order valence-corrected chi connectivity index (χ3v) is 3.13. The number of nitrogens with zero attached hydrogens (tertiary/aromatic N) is 1. The van der Waals surface area contributed by atoms with E-state index < -0.39 is 23.8 Å². The number of esters is 1. The minimum atomic E-state index is -3.00. The van der Waals surface area contributed by atoms with E-state index in [1.54, 1.807) is 13.0 Å². The van der Waals surface area contributed by atoms with Crippen LogP contribution in [0.3, 0.4) is 0 Å². The number of rotatable bonds is 4. The van der Waals surface area contributed by atoms with Gasteiger partial charge in [0, 0.05) is 0 Å². The number of aromatic nitrogens is 1. The summed E-state index contributed by atoms with van der Waals surface area (Å²) in [6.45, 7) is 1.56. The van der Waals surface area contributed by atoms with Gasteiger partial charge in [-0.1, -0.05) is 29.3 Å². The standard InChI is InChI=1S/C13H9Cl2F2NO3/c1-2-20-13(19)10-9(11(16)17)18-12(21-10)8-6(14)4-3-5-7(8)15/h3-5,11H,2H2,1H3. The van der Waals surface area contributed by atoms with Crippen LogP contribution in [0, 0.1) is 0 Å². The van der Waals surface area contributed by atoms with E-state index >= 15 is 0 Å². The summed E-state index contributed by atoms with van der Waals surface area (Å²) >= 11 is 11.9. The maximum atomic E-state index is 13.0. The zero-order valence-electron chi connectivity index (χ0n) is 10.7. The van der Waals surface area contributed by atoms with Crippen molar-refractivity contribution < 1.29 is 22.7 Å². The predicted molar refractivity (Wildman–Crippen MR) is 72.9 cm³/mol. The first-order valence-corrected chi connectivity index (χ1v) is 6.61. The highest BCUT2D eigenvalue weighted by molar-refractivity contribution is 6.38. The van der Waals surface area contributed by atoms with E-state index in [1.807, 2.05) is 0 Å². The van der Waals surface area contributed by atoms with Crippen LogP contribution in [0.2, 0.25) is 10.0 Å². The van der Waals surface area contributed by atoms with Gasteiger partial charge in [-0.25, -0.2) is 18.6 Å². The molecular formula is C13H9Cl2F2NO3. The second kappa shape index (κ2) is 6.41. The quantitative estimate of drug-likeness (QED) is 0.755. The Labute approximate surface area is 128 Å². The van der Waals surface area contributed by atoms with Crippen molar-refractivity contribution in [3.8, 4) is 11.5 Å². The zero-order chi connectivity index (χ0) is 15.6. The molecule has 2 aromatic rings. The smallest absolute Gasteiger partial charge is 0.376 e. The number of halogens is 4. The molecule has 0 aliphatic rings. The molecule has 0 bridgehead atoms. The Morgan fingerprint density at radius 3 is 2.52 bits per heavy atom. The second-order valence-corrected chi connectivity index (χ2v) is 4.67. The van der Waals surface area contributed by atoms with Crippen molar-refractivity contribution in [2.45, 2.75) is 13.3 Å². The van der Waals surface area contributed by atoms with Crippen LogP contribution < -0.4 is 0 Å². The molecule has 0 fully saturated rings. The van der Waals surface area contributed by atoms with Gasteiger partial charge >= 0.3 is 5.97 Å². The number of carbonyl (C=O) groups is 1. The molecule has 21 heavy (non-hydrogen) atoms. The lowest BCUT2D eigenvalue weighted by Crippen LogP contribution is -2.06.